The molecular weight excluding hydrogens is 379 g/mol. The Morgan fingerprint density at radius 1 is 1.24 bits per heavy atom. The topological polar surface area (TPSA) is 63.4 Å². The summed E-state index contributed by atoms with van der Waals surface area (Å²) >= 11 is 6.16. The Bertz CT molecular complexity index is 684. The highest BCUT2D eigenvalue weighted by molar-refractivity contribution is 7.88. The SMILES string of the molecule is CS(=O)(=O)N(CC1CC1)C1CCC(CN)(c2cccc(Cl)c2)CC1.Cl. The quantitative estimate of drug-likeness (QED) is 0.784. The van der Waals surface area contributed by atoms with E-state index in [4.69, 9.17) is 17.3 Å². The van der Waals surface area contributed by atoms with E-state index in [1.54, 1.807) is 4.31 Å². The van der Waals surface area contributed by atoms with Gasteiger partial charge >= 0.3 is 0 Å². The van der Waals surface area contributed by atoms with Crippen LogP contribution in [0.4, 0.5) is 0 Å². The summed E-state index contributed by atoms with van der Waals surface area (Å²) in [6.07, 6.45) is 7.21. The van der Waals surface area contributed by atoms with Crippen molar-refractivity contribution in [2.75, 3.05) is 19.3 Å². The van der Waals surface area contributed by atoms with Crippen LogP contribution in [0, 0.1) is 5.92 Å². The third-order valence-corrected chi connectivity index (χ3v) is 7.24. The molecule has 2 N–H and O–H groups in total. The van der Waals surface area contributed by atoms with Crippen molar-refractivity contribution < 1.29 is 8.42 Å². The molecule has 0 amide bonds. The van der Waals surface area contributed by atoms with Crippen molar-refractivity contribution in [3.63, 3.8) is 0 Å². The highest BCUT2D eigenvalue weighted by Crippen LogP contribution is 2.42. The van der Waals surface area contributed by atoms with Gasteiger partial charge in [-0.15, -0.1) is 12.4 Å². The smallest absolute Gasteiger partial charge is 0.211 e. The summed E-state index contributed by atoms with van der Waals surface area (Å²) in [6, 6.07) is 8.06. The van der Waals surface area contributed by atoms with Crippen LogP contribution in [0.5, 0.6) is 0 Å². The molecule has 2 saturated carbocycles. The molecule has 0 atom stereocenters. The molecular formula is C18H28Cl2N2O2S. The van der Waals surface area contributed by atoms with Crippen LogP contribution in [0.3, 0.4) is 0 Å². The molecule has 0 aliphatic heterocycles. The lowest BCUT2D eigenvalue weighted by Gasteiger charge is -2.43. The zero-order valence-electron chi connectivity index (χ0n) is 14.7. The van der Waals surface area contributed by atoms with Crippen molar-refractivity contribution >= 4 is 34.0 Å². The average Bonchev–Trinajstić information content (AvgIpc) is 3.36. The minimum absolute atomic E-state index is 0. The minimum atomic E-state index is -3.15. The zero-order valence-corrected chi connectivity index (χ0v) is 17.0. The van der Waals surface area contributed by atoms with Crippen LogP contribution in [0.1, 0.15) is 44.1 Å². The fourth-order valence-corrected chi connectivity index (χ4v) is 5.41. The summed E-state index contributed by atoms with van der Waals surface area (Å²) in [5, 5.41) is 0.731. The molecule has 25 heavy (non-hydrogen) atoms. The predicted molar refractivity (Wildman–Crippen MR) is 106 cm³/mol. The van der Waals surface area contributed by atoms with Crippen molar-refractivity contribution in [2.24, 2.45) is 11.7 Å². The molecule has 0 heterocycles. The van der Waals surface area contributed by atoms with Crippen LogP contribution in [-0.2, 0) is 15.4 Å². The van der Waals surface area contributed by atoms with E-state index in [-0.39, 0.29) is 23.9 Å². The maximum atomic E-state index is 12.2. The average molecular weight is 407 g/mol. The summed E-state index contributed by atoms with van der Waals surface area (Å²) in [5.41, 5.74) is 7.25. The van der Waals surface area contributed by atoms with Gasteiger partial charge in [0.15, 0.2) is 0 Å². The fourth-order valence-electron chi connectivity index (χ4n) is 3.98. The number of rotatable bonds is 6. The number of hydrogen-bond donors (Lipinski definition) is 1. The van der Waals surface area contributed by atoms with Gasteiger partial charge in [0.2, 0.25) is 10.0 Å². The van der Waals surface area contributed by atoms with Gasteiger partial charge in [-0.25, -0.2) is 8.42 Å². The largest absolute Gasteiger partial charge is 0.330 e. The Morgan fingerprint density at radius 3 is 2.36 bits per heavy atom. The Kier molecular flexibility index (Phi) is 6.83. The van der Waals surface area contributed by atoms with Gasteiger partial charge in [0, 0.05) is 29.6 Å². The van der Waals surface area contributed by atoms with Crippen LogP contribution in [0.15, 0.2) is 24.3 Å². The van der Waals surface area contributed by atoms with E-state index in [1.165, 1.54) is 11.8 Å². The first-order valence-corrected chi connectivity index (χ1v) is 11.0. The lowest BCUT2D eigenvalue weighted by molar-refractivity contribution is 0.189. The molecule has 0 aromatic heterocycles. The van der Waals surface area contributed by atoms with Gasteiger partial charge in [0.25, 0.3) is 0 Å². The number of nitrogens with zero attached hydrogens (tertiary/aromatic N) is 1. The molecule has 2 aliphatic rings. The van der Waals surface area contributed by atoms with Gasteiger partial charge < -0.3 is 5.73 Å². The zero-order chi connectivity index (χ0) is 17.4. The first-order valence-electron chi connectivity index (χ1n) is 8.77. The Balaban J connectivity index is 0.00000225. The third kappa shape index (κ3) is 4.89. The van der Waals surface area contributed by atoms with E-state index in [0.717, 1.165) is 43.5 Å². The first kappa shape index (κ1) is 21.0. The fraction of sp³-hybridized carbons (Fsp3) is 0.667. The van der Waals surface area contributed by atoms with Crippen LogP contribution >= 0.6 is 24.0 Å². The van der Waals surface area contributed by atoms with E-state index >= 15 is 0 Å². The number of nitrogens with two attached hydrogens (primary N) is 1. The van der Waals surface area contributed by atoms with E-state index in [2.05, 4.69) is 6.07 Å². The molecule has 0 radical (unpaired) electrons. The van der Waals surface area contributed by atoms with Gasteiger partial charge in [-0.05, 0) is 62.1 Å². The standard InChI is InChI=1S/C18H27ClN2O2S.ClH/c1-24(22,23)21(12-14-5-6-14)17-7-9-18(13-20,10-8-17)15-3-2-4-16(19)11-15;/h2-4,11,14,17H,5-10,12-13,20H2,1H3;1H. The molecule has 0 spiro atoms. The van der Waals surface area contributed by atoms with Gasteiger partial charge in [-0.3, -0.25) is 0 Å². The summed E-state index contributed by atoms with van der Waals surface area (Å²) in [4.78, 5) is 0. The first-order chi connectivity index (χ1) is 11.3. The Labute approximate surface area is 162 Å². The molecule has 2 fully saturated rings. The maximum absolute atomic E-state index is 12.2. The molecule has 1 aromatic carbocycles. The van der Waals surface area contributed by atoms with Gasteiger partial charge in [-0.2, -0.15) is 4.31 Å². The van der Waals surface area contributed by atoms with E-state index in [9.17, 15) is 8.42 Å². The number of benzene rings is 1. The van der Waals surface area contributed by atoms with E-state index < -0.39 is 10.0 Å². The minimum Gasteiger partial charge on any atom is -0.330 e. The van der Waals surface area contributed by atoms with Gasteiger partial charge in [0.1, 0.15) is 0 Å². The molecule has 7 heteroatoms. The summed E-state index contributed by atoms with van der Waals surface area (Å²) in [5.74, 6) is 0.564. The van der Waals surface area contributed by atoms with Gasteiger partial charge in [0.05, 0.1) is 6.26 Å². The van der Waals surface area contributed by atoms with Crippen molar-refractivity contribution in [1.82, 2.24) is 4.31 Å². The van der Waals surface area contributed by atoms with Gasteiger partial charge in [-0.1, -0.05) is 23.7 Å². The molecule has 0 bridgehead atoms. The molecule has 3 rings (SSSR count). The van der Waals surface area contributed by atoms with Crippen LogP contribution in [-0.4, -0.2) is 38.1 Å². The number of sulfonamides is 1. The van der Waals surface area contributed by atoms with E-state index in [1.807, 2.05) is 18.2 Å². The van der Waals surface area contributed by atoms with Crippen molar-refractivity contribution in [1.29, 1.82) is 0 Å². The summed E-state index contributed by atoms with van der Waals surface area (Å²) in [6.45, 7) is 1.26. The van der Waals surface area contributed by atoms with Crippen molar-refractivity contribution in [2.45, 2.75) is 50.0 Å². The number of hydrogen-bond acceptors (Lipinski definition) is 3. The lowest BCUT2D eigenvalue weighted by Crippen LogP contribution is -2.47. The molecule has 4 nitrogen and oxygen atoms in total. The second-order valence-electron chi connectivity index (χ2n) is 7.50. The number of halogens is 2. The lowest BCUT2D eigenvalue weighted by atomic mass is 9.68. The Morgan fingerprint density at radius 2 is 1.88 bits per heavy atom. The monoisotopic (exact) mass is 406 g/mol. The second-order valence-corrected chi connectivity index (χ2v) is 9.87. The van der Waals surface area contributed by atoms with Crippen LogP contribution in [0.2, 0.25) is 5.02 Å². The second kappa shape index (κ2) is 8.13. The summed E-state index contributed by atoms with van der Waals surface area (Å²) in [7, 11) is -3.15. The van der Waals surface area contributed by atoms with Crippen molar-refractivity contribution in [3.05, 3.63) is 34.9 Å². The normalized spacial score (nSPS) is 27.1. The maximum Gasteiger partial charge on any atom is 0.211 e. The molecule has 0 saturated heterocycles. The van der Waals surface area contributed by atoms with E-state index in [0.29, 0.717) is 19.0 Å². The molecule has 142 valence electrons. The highest BCUT2D eigenvalue weighted by Gasteiger charge is 2.40. The third-order valence-electron chi connectivity index (χ3n) is 5.71. The van der Waals surface area contributed by atoms with Crippen LogP contribution < -0.4 is 5.73 Å². The van der Waals surface area contributed by atoms with Crippen LogP contribution in [0.25, 0.3) is 0 Å². The molecule has 1 aromatic rings. The molecule has 0 unspecified atom stereocenters. The Hall–Kier alpha value is -0.330. The predicted octanol–water partition coefficient (Wildman–Crippen LogP) is 3.57. The molecule has 2 aliphatic carbocycles. The summed E-state index contributed by atoms with van der Waals surface area (Å²) < 4.78 is 26.2. The highest BCUT2D eigenvalue weighted by atomic mass is 35.5. The van der Waals surface area contributed by atoms with Crippen molar-refractivity contribution in [3.8, 4) is 0 Å².